The van der Waals surface area contributed by atoms with Crippen molar-refractivity contribution in [1.82, 2.24) is 0 Å². The van der Waals surface area contributed by atoms with Gasteiger partial charge in [-0.05, 0) is 34.6 Å². The summed E-state index contributed by atoms with van der Waals surface area (Å²) in [5.41, 5.74) is -1.16. The minimum Gasteiger partial charge on any atom is -0.465 e. The first-order valence-corrected chi connectivity index (χ1v) is 6.22. The Bertz CT molecular complexity index is 271. The summed E-state index contributed by atoms with van der Waals surface area (Å²) in [6.07, 6.45) is 0.139. The first-order chi connectivity index (χ1) is 8.32. The molecule has 0 N–H and O–H groups in total. The summed E-state index contributed by atoms with van der Waals surface area (Å²) in [6.45, 7) is 9.57. The van der Waals surface area contributed by atoms with Crippen LogP contribution in [0.25, 0.3) is 0 Å². The quantitative estimate of drug-likeness (QED) is 0.358. The van der Waals surface area contributed by atoms with Crippen molar-refractivity contribution in [2.24, 2.45) is 5.41 Å². The third-order valence-corrected chi connectivity index (χ3v) is 2.39. The lowest BCUT2D eigenvalue weighted by Crippen LogP contribution is -2.37. The van der Waals surface area contributed by atoms with Gasteiger partial charge in [-0.25, -0.2) is 0 Å². The number of carbonyl (C=O) groups is 2. The van der Waals surface area contributed by atoms with Crippen LogP contribution < -0.4 is 0 Å². The second kappa shape index (κ2) is 8.21. The number of esters is 1. The number of ether oxygens (including phenoxy) is 3. The average Bonchev–Trinajstić information content (AvgIpc) is 2.28. The highest BCUT2D eigenvalue weighted by atomic mass is 16.5. The van der Waals surface area contributed by atoms with Crippen LogP contribution in [0.4, 0.5) is 0 Å². The molecule has 0 radical (unpaired) electrons. The normalized spacial score (nSPS) is 11.7. The monoisotopic (exact) mass is 260 g/mol. The van der Waals surface area contributed by atoms with Crippen LogP contribution in [0.15, 0.2) is 0 Å². The maximum Gasteiger partial charge on any atom is 0.319 e. The van der Waals surface area contributed by atoms with E-state index in [2.05, 4.69) is 0 Å². The molecule has 0 aromatic heterocycles. The van der Waals surface area contributed by atoms with E-state index in [-0.39, 0.29) is 25.1 Å². The number of Topliss-reactive ketones (excluding diaryl/α,β-unsaturated/α-hetero) is 1. The van der Waals surface area contributed by atoms with Crippen molar-refractivity contribution in [2.75, 3.05) is 26.4 Å². The van der Waals surface area contributed by atoms with Crippen molar-refractivity contribution in [2.45, 2.75) is 40.7 Å². The van der Waals surface area contributed by atoms with E-state index < -0.39 is 11.4 Å². The molecule has 0 atom stereocenters. The Hall–Kier alpha value is -0.940. The van der Waals surface area contributed by atoms with Gasteiger partial charge < -0.3 is 14.2 Å². The van der Waals surface area contributed by atoms with Crippen molar-refractivity contribution in [3.8, 4) is 0 Å². The Kier molecular flexibility index (Phi) is 7.78. The highest BCUT2D eigenvalue weighted by Crippen LogP contribution is 2.19. The molecule has 0 unspecified atom stereocenters. The predicted octanol–water partition coefficient (Wildman–Crippen LogP) is 1.59. The maximum atomic E-state index is 11.8. The van der Waals surface area contributed by atoms with E-state index in [1.807, 2.05) is 13.8 Å². The van der Waals surface area contributed by atoms with E-state index in [1.54, 1.807) is 20.8 Å². The van der Waals surface area contributed by atoms with Gasteiger partial charge in [0.2, 0.25) is 0 Å². The molecule has 0 spiro atoms. The fourth-order valence-electron chi connectivity index (χ4n) is 1.11. The molecule has 0 aliphatic carbocycles. The largest absolute Gasteiger partial charge is 0.465 e. The Balaban J connectivity index is 3.97. The standard InChI is InChI=1S/C13H24O5/c1-6-17-12(15)13(4,5)11(14)9-16-7-8-18-10(2)3/h10H,6-9H2,1-5H3. The van der Waals surface area contributed by atoms with Crippen molar-refractivity contribution >= 4 is 11.8 Å². The molecule has 0 amide bonds. The van der Waals surface area contributed by atoms with Gasteiger partial charge in [-0.3, -0.25) is 9.59 Å². The lowest BCUT2D eigenvalue weighted by atomic mass is 9.88. The van der Waals surface area contributed by atoms with Gasteiger partial charge in [-0.2, -0.15) is 0 Å². The Morgan fingerprint density at radius 3 is 2.28 bits per heavy atom. The van der Waals surface area contributed by atoms with E-state index >= 15 is 0 Å². The Labute approximate surface area is 109 Å². The molecule has 0 aromatic rings. The average molecular weight is 260 g/mol. The van der Waals surface area contributed by atoms with Gasteiger partial charge in [0, 0.05) is 0 Å². The smallest absolute Gasteiger partial charge is 0.319 e. The van der Waals surface area contributed by atoms with Crippen LogP contribution in [0.3, 0.4) is 0 Å². The maximum absolute atomic E-state index is 11.8. The predicted molar refractivity (Wildman–Crippen MR) is 67.3 cm³/mol. The molecular formula is C13H24O5. The Morgan fingerprint density at radius 1 is 1.17 bits per heavy atom. The van der Waals surface area contributed by atoms with Crippen molar-refractivity contribution in [3.63, 3.8) is 0 Å². The third-order valence-electron chi connectivity index (χ3n) is 2.39. The first kappa shape index (κ1) is 17.1. The zero-order valence-corrected chi connectivity index (χ0v) is 11.9. The van der Waals surface area contributed by atoms with Crippen LogP contribution in [0, 0.1) is 5.41 Å². The van der Waals surface area contributed by atoms with E-state index in [9.17, 15) is 9.59 Å². The van der Waals surface area contributed by atoms with Crippen molar-refractivity contribution < 1.29 is 23.8 Å². The number of rotatable bonds is 9. The van der Waals surface area contributed by atoms with Gasteiger partial charge in [0.1, 0.15) is 12.0 Å². The SMILES string of the molecule is CCOC(=O)C(C)(C)C(=O)COCCOC(C)C. The molecular weight excluding hydrogens is 236 g/mol. The van der Waals surface area contributed by atoms with Crippen LogP contribution in [-0.4, -0.2) is 44.3 Å². The van der Waals surface area contributed by atoms with Gasteiger partial charge in [-0.15, -0.1) is 0 Å². The Morgan fingerprint density at radius 2 is 1.78 bits per heavy atom. The van der Waals surface area contributed by atoms with Crippen LogP contribution in [-0.2, 0) is 23.8 Å². The van der Waals surface area contributed by atoms with Gasteiger partial charge in [0.05, 0.1) is 25.9 Å². The van der Waals surface area contributed by atoms with Crippen molar-refractivity contribution in [3.05, 3.63) is 0 Å². The van der Waals surface area contributed by atoms with Gasteiger partial charge in [0.15, 0.2) is 5.78 Å². The van der Waals surface area contributed by atoms with Gasteiger partial charge in [-0.1, -0.05) is 0 Å². The van der Waals surface area contributed by atoms with E-state index in [0.717, 1.165) is 0 Å². The lowest BCUT2D eigenvalue weighted by Gasteiger charge is -2.20. The van der Waals surface area contributed by atoms with Crippen LogP contribution >= 0.6 is 0 Å². The van der Waals surface area contributed by atoms with Crippen molar-refractivity contribution in [1.29, 1.82) is 0 Å². The number of hydrogen-bond acceptors (Lipinski definition) is 5. The molecule has 5 heteroatoms. The van der Waals surface area contributed by atoms with E-state index in [1.165, 1.54) is 0 Å². The minimum atomic E-state index is -1.16. The van der Waals surface area contributed by atoms with Crippen LogP contribution in [0.1, 0.15) is 34.6 Å². The highest BCUT2D eigenvalue weighted by Gasteiger charge is 2.37. The van der Waals surface area contributed by atoms with E-state index in [0.29, 0.717) is 13.2 Å². The molecule has 0 aliphatic heterocycles. The molecule has 0 aromatic carbocycles. The topological polar surface area (TPSA) is 61.8 Å². The molecule has 18 heavy (non-hydrogen) atoms. The molecule has 5 nitrogen and oxygen atoms in total. The second-order valence-corrected chi connectivity index (χ2v) is 4.74. The summed E-state index contributed by atoms with van der Waals surface area (Å²) >= 11 is 0. The zero-order valence-electron chi connectivity index (χ0n) is 11.9. The summed E-state index contributed by atoms with van der Waals surface area (Å²) in [5, 5.41) is 0. The summed E-state index contributed by atoms with van der Waals surface area (Å²) in [5.74, 6) is -0.803. The van der Waals surface area contributed by atoms with Crippen LogP contribution in [0.2, 0.25) is 0 Å². The molecule has 106 valence electrons. The fraction of sp³-hybridized carbons (Fsp3) is 0.846. The number of ketones is 1. The molecule has 0 heterocycles. The molecule has 0 rings (SSSR count). The summed E-state index contributed by atoms with van der Waals surface area (Å²) in [6, 6.07) is 0. The second-order valence-electron chi connectivity index (χ2n) is 4.74. The fourth-order valence-corrected chi connectivity index (χ4v) is 1.11. The highest BCUT2D eigenvalue weighted by molar-refractivity contribution is 6.03. The zero-order chi connectivity index (χ0) is 14.2. The molecule has 0 saturated heterocycles. The summed E-state index contributed by atoms with van der Waals surface area (Å²) < 4.78 is 15.3. The molecule has 0 saturated carbocycles. The lowest BCUT2D eigenvalue weighted by molar-refractivity contribution is -0.159. The minimum absolute atomic E-state index is 0.104. The molecule has 0 fully saturated rings. The number of carbonyl (C=O) groups excluding carboxylic acids is 2. The van der Waals surface area contributed by atoms with Crippen LogP contribution in [0.5, 0.6) is 0 Å². The summed E-state index contributed by atoms with van der Waals surface area (Å²) in [7, 11) is 0. The van der Waals surface area contributed by atoms with Gasteiger partial charge in [0.25, 0.3) is 0 Å². The third kappa shape index (κ3) is 6.12. The molecule has 0 bridgehead atoms. The first-order valence-electron chi connectivity index (χ1n) is 6.22. The number of hydrogen-bond donors (Lipinski definition) is 0. The van der Waals surface area contributed by atoms with E-state index in [4.69, 9.17) is 14.2 Å². The van der Waals surface area contributed by atoms with Gasteiger partial charge >= 0.3 is 5.97 Å². The summed E-state index contributed by atoms with van der Waals surface area (Å²) in [4.78, 5) is 23.4. The molecule has 0 aliphatic rings.